The number of nitrogens with two attached hydrogens (primary N) is 2. The Morgan fingerprint density at radius 1 is 1.50 bits per heavy atom. The lowest BCUT2D eigenvalue weighted by Gasteiger charge is -1.91. The average molecular weight is 61.1 g/mol. The molecule has 3 heteroatoms. The van der Waals surface area contributed by atoms with E-state index in [4.69, 9.17) is 11.7 Å². The fourth-order valence-corrected chi connectivity index (χ4v) is 0. The smallest absolute Gasteiger partial charge is 0.0169 e. The van der Waals surface area contributed by atoms with Crippen molar-refractivity contribution in [3.8, 4) is 0 Å². The molecule has 0 saturated carbocycles. The van der Waals surface area contributed by atoms with Crippen LogP contribution in [0, 0.1) is 0 Å². The molecule has 0 atom stereocenters. The lowest BCUT2D eigenvalue weighted by atomic mass is 11.4. The van der Waals surface area contributed by atoms with E-state index in [2.05, 4.69) is 0 Å². The molecule has 0 unspecified atom stereocenters. The van der Waals surface area contributed by atoms with Gasteiger partial charge >= 0.3 is 0 Å². The van der Waals surface area contributed by atoms with E-state index in [1.54, 1.807) is 7.05 Å². The molecular formula is CH7N3. The van der Waals surface area contributed by atoms with Crippen LogP contribution >= 0.6 is 0 Å². The van der Waals surface area contributed by atoms with Crippen molar-refractivity contribution in [1.82, 2.24) is 5.12 Å². The number of hydrazine groups is 2. The quantitative estimate of drug-likeness (QED) is 0.269. The highest BCUT2D eigenvalue weighted by atomic mass is 15.6. The zero-order valence-corrected chi connectivity index (χ0v) is 2.60. The van der Waals surface area contributed by atoms with Gasteiger partial charge < -0.3 is 0 Å². The first kappa shape index (κ1) is 3.88. The molecule has 0 aromatic carbocycles. The largest absolute Gasteiger partial charge is 0.256 e. The first-order valence-electron chi connectivity index (χ1n) is 0.964. The Morgan fingerprint density at radius 2 is 1.50 bits per heavy atom. The zero-order chi connectivity index (χ0) is 3.58. The van der Waals surface area contributed by atoms with Gasteiger partial charge in [0.15, 0.2) is 0 Å². The number of nitrogens with zero attached hydrogens (tertiary/aromatic N) is 1. The Kier molecular flexibility index (Phi) is 1.19. The molecule has 0 aliphatic rings. The first-order valence-corrected chi connectivity index (χ1v) is 0.964. The molecule has 0 spiro atoms. The lowest BCUT2D eigenvalue weighted by molar-refractivity contribution is 0.366. The van der Waals surface area contributed by atoms with Crippen LogP contribution in [0.2, 0.25) is 0 Å². The van der Waals surface area contributed by atoms with Crippen LogP contribution in [0.4, 0.5) is 0 Å². The summed E-state index contributed by atoms with van der Waals surface area (Å²) in [6.45, 7) is 0. The van der Waals surface area contributed by atoms with Crippen LogP contribution in [0.15, 0.2) is 0 Å². The third kappa shape index (κ3) is 101. The minimum Gasteiger partial charge on any atom is -0.256 e. The van der Waals surface area contributed by atoms with E-state index in [-0.39, 0.29) is 0 Å². The fourth-order valence-electron chi connectivity index (χ4n) is 0. The van der Waals surface area contributed by atoms with Gasteiger partial charge in [-0.1, -0.05) is 0 Å². The molecule has 3 nitrogen and oxygen atoms in total. The summed E-state index contributed by atoms with van der Waals surface area (Å²) in [5, 5.41) is 1.00. The van der Waals surface area contributed by atoms with Gasteiger partial charge in [-0.05, 0) is 0 Å². The second-order valence-electron chi connectivity index (χ2n) is 0.665. The van der Waals surface area contributed by atoms with Crippen LogP contribution in [0.25, 0.3) is 0 Å². The molecule has 0 fully saturated rings. The Hall–Kier alpha value is -0.120. The van der Waals surface area contributed by atoms with Crippen LogP contribution < -0.4 is 11.7 Å². The summed E-state index contributed by atoms with van der Waals surface area (Å²) in [5.74, 6) is 9.44. The summed E-state index contributed by atoms with van der Waals surface area (Å²) >= 11 is 0. The minimum absolute atomic E-state index is 1.00. The van der Waals surface area contributed by atoms with Crippen molar-refractivity contribution in [2.45, 2.75) is 0 Å². The van der Waals surface area contributed by atoms with Gasteiger partial charge in [0.2, 0.25) is 0 Å². The predicted octanol–water partition coefficient (Wildman–Crippen LogP) is -1.33. The highest BCUT2D eigenvalue weighted by Crippen LogP contribution is 1.25. The standard InChI is InChI=1S/CH7N3/c1-4(2)3/h2-3H2,1H3. The summed E-state index contributed by atoms with van der Waals surface area (Å²) in [7, 11) is 1.56. The second kappa shape index (κ2) is 1.23. The molecular weight excluding hydrogens is 54.0 g/mol. The van der Waals surface area contributed by atoms with Gasteiger partial charge in [-0.15, -0.1) is 0 Å². The van der Waals surface area contributed by atoms with Crippen molar-refractivity contribution in [3.63, 3.8) is 0 Å². The first-order chi connectivity index (χ1) is 1.73. The monoisotopic (exact) mass is 61.1 g/mol. The van der Waals surface area contributed by atoms with Gasteiger partial charge in [0.25, 0.3) is 0 Å². The van der Waals surface area contributed by atoms with Crippen LogP contribution in [0.5, 0.6) is 0 Å². The van der Waals surface area contributed by atoms with Crippen molar-refractivity contribution in [1.29, 1.82) is 0 Å². The van der Waals surface area contributed by atoms with Gasteiger partial charge in [-0.25, -0.2) is 0 Å². The summed E-state index contributed by atoms with van der Waals surface area (Å²) in [6, 6.07) is 0. The summed E-state index contributed by atoms with van der Waals surface area (Å²) in [6.07, 6.45) is 0. The van der Waals surface area contributed by atoms with Gasteiger partial charge in [-0.3, -0.25) is 11.7 Å². The van der Waals surface area contributed by atoms with E-state index in [0.717, 1.165) is 5.12 Å². The predicted molar refractivity (Wildman–Crippen MR) is 16.1 cm³/mol. The van der Waals surface area contributed by atoms with Gasteiger partial charge in [0.05, 0.1) is 0 Å². The van der Waals surface area contributed by atoms with Crippen molar-refractivity contribution < 1.29 is 0 Å². The van der Waals surface area contributed by atoms with Crippen LogP contribution in [0.1, 0.15) is 0 Å². The SMILES string of the molecule is CN(N)N. The second-order valence-corrected chi connectivity index (χ2v) is 0.665. The zero-order valence-electron chi connectivity index (χ0n) is 2.60. The summed E-state index contributed by atoms with van der Waals surface area (Å²) in [4.78, 5) is 0. The minimum atomic E-state index is 1.00. The molecule has 0 amide bonds. The van der Waals surface area contributed by atoms with E-state index >= 15 is 0 Å². The highest BCUT2D eigenvalue weighted by molar-refractivity contribution is 3.91. The van der Waals surface area contributed by atoms with Crippen molar-refractivity contribution in [3.05, 3.63) is 0 Å². The van der Waals surface area contributed by atoms with Crippen LogP contribution in [0.3, 0.4) is 0 Å². The van der Waals surface area contributed by atoms with Crippen molar-refractivity contribution >= 4 is 0 Å². The molecule has 0 aliphatic heterocycles. The Morgan fingerprint density at radius 3 is 1.50 bits per heavy atom. The number of rotatable bonds is 0. The van der Waals surface area contributed by atoms with E-state index in [1.807, 2.05) is 0 Å². The molecule has 0 aromatic rings. The third-order valence-electron chi connectivity index (χ3n) is 0. The molecule has 0 aromatic heterocycles. The molecule has 0 radical (unpaired) electrons. The molecule has 4 N–H and O–H groups in total. The van der Waals surface area contributed by atoms with Gasteiger partial charge in [-0.2, -0.15) is 5.12 Å². The van der Waals surface area contributed by atoms with Crippen LogP contribution in [-0.2, 0) is 0 Å². The highest BCUT2D eigenvalue weighted by Gasteiger charge is 1.56. The van der Waals surface area contributed by atoms with E-state index in [9.17, 15) is 0 Å². The maximum absolute atomic E-state index is 4.72. The van der Waals surface area contributed by atoms with Gasteiger partial charge in [0, 0.05) is 7.05 Å². The Balaban J connectivity index is 2.32. The van der Waals surface area contributed by atoms with E-state index in [0.29, 0.717) is 0 Å². The topological polar surface area (TPSA) is 55.3 Å². The lowest BCUT2D eigenvalue weighted by Crippen LogP contribution is -2.32. The maximum atomic E-state index is 4.72. The van der Waals surface area contributed by atoms with E-state index < -0.39 is 0 Å². The van der Waals surface area contributed by atoms with Crippen molar-refractivity contribution in [2.75, 3.05) is 7.05 Å². The molecule has 0 saturated heterocycles. The summed E-state index contributed by atoms with van der Waals surface area (Å²) < 4.78 is 0. The Bertz CT molecular complexity index is 8.00. The fraction of sp³-hybridized carbons (Fsp3) is 1.00. The van der Waals surface area contributed by atoms with E-state index in [1.165, 1.54) is 0 Å². The van der Waals surface area contributed by atoms with Gasteiger partial charge in [0.1, 0.15) is 0 Å². The number of hydrogen-bond donors (Lipinski definition) is 2. The molecule has 0 aliphatic carbocycles. The molecule has 0 heterocycles. The number of hydrogen-bond acceptors (Lipinski definition) is 3. The summed E-state index contributed by atoms with van der Waals surface area (Å²) in [5.41, 5.74) is 0. The molecule has 4 heavy (non-hydrogen) atoms. The molecule has 0 bridgehead atoms. The molecule has 26 valence electrons. The average Bonchev–Trinajstić information content (AvgIpc) is 0.811. The third-order valence-corrected chi connectivity index (χ3v) is 0. The van der Waals surface area contributed by atoms with Crippen molar-refractivity contribution in [2.24, 2.45) is 11.7 Å². The Labute approximate surface area is 25.1 Å². The normalized spacial score (nSPS) is 9.00. The van der Waals surface area contributed by atoms with Crippen LogP contribution in [-0.4, -0.2) is 12.2 Å². The maximum Gasteiger partial charge on any atom is 0.0169 e. The molecule has 0 rings (SSSR count).